The predicted molar refractivity (Wildman–Crippen MR) is 109 cm³/mol. The third kappa shape index (κ3) is 4.14. The second kappa shape index (κ2) is 7.99. The molecule has 0 spiro atoms. The number of fused-ring (bicyclic) bond motifs is 1. The molecule has 3 aromatic rings. The average Bonchev–Trinajstić information content (AvgIpc) is 2.64. The molecule has 0 fully saturated rings. The highest BCUT2D eigenvalue weighted by Gasteiger charge is 2.17. The van der Waals surface area contributed by atoms with Gasteiger partial charge in [-0.25, -0.2) is 0 Å². The van der Waals surface area contributed by atoms with E-state index >= 15 is 0 Å². The number of para-hydroxylation sites is 2. The fraction of sp³-hybridized carbons (Fsp3) is 0.227. The van der Waals surface area contributed by atoms with Gasteiger partial charge < -0.3 is 10.2 Å². The Labute approximate surface area is 159 Å². The molecule has 0 unspecified atom stereocenters. The molecule has 1 heterocycles. The highest BCUT2D eigenvalue weighted by Crippen LogP contribution is 2.25. The van der Waals surface area contributed by atoms with Crippen molar-refractivity contribution >= 4 is 34.1 Å². The minimum atomic E-state index is -0.148. The van der Waals surface area contributed by atoms with Gasteiger partial charge in [0.1, 0.15) is 0 Å². The van der Waals surface area contributed by atoms with Crippen molar-refractivity contribution in [1.82, 2.24) is 4.98 Å². The summed E-state index contributed by atoms with van der Waals surface area (Å²) in [5, 5.41) is 3.89. The lowest BCUT2D eigenvalue weighted by molar-refractivity contribution is -0.117. The standard InChI is InChI=1S/C22H23N3O2/c1-15-7-4-8-16(2)22(15)25(17(3)26)14-12-20(27)24-19-11-5-9-18-10-6-13-23-21(18)19/h4-11,13H,12,14H2,1-3H3,(H,24,27). The Morgan fingerprint density at radius 2 is 1.67 bits per heavy atom. The molecule has 0 atom stereocenters. The molecule has 5 nitrogen and oxygen atoms in total. The number of aromatic nitrogens is 1. The SMILES string of the molecule is CC(=O)N(CCC(=O)Nc1cccc2cccnc12)c1c(C)cccc1C. The minimum absolute atomic E-state index is 0.0768. The van der Waals surface area contributed by atoms with Crippen LogP contribution in [-0.4, -0.2) is 23.3 Å². The van der Waals surface area contributed by atoms with E-state index in [0.717, 1.165) is 27.7 Å². The normalized spacial score (nSPS) is 10.6. The number of aryl methyl sites for hydroxylation is 2. The van der Waals surface area contributed by atoms with Gasteiger partial charge in [-0.15, -0.1) is 0 Å². The maximum atomic E-state index is 12.5. The number of nitrogens with zero attached hydrogens (tertiary/aromatic N) is 2. The van der Waals surface area contributed by atoms with Gasteiger partial charge in [0, 0.05) is 37.2 Å². The maximum absolute atomic E-state index is 12.5. The molecule has 0 aliphatic heterocycles. The Balaban J connectivity index is 1.74. The minimum Gasteiger partial charge on any atom is -0.324 e. The number of hydrogen-bond acceptors (Lipinski definition) is 3. The number of amides is 2. The number of benzene rings is 2. The quantitative estimate of drug-likeness (QED) is 0.739. The molecule has 3 rings (SSSR count). The van der Waals surface area contributed by atoms with Crippen LogP contribution in [0.15, 0.2) is 54.7 Å². The first kappa shape index (κ1) is 18.6. The summed E-state index contributed by atoms with van der Waals surface area (Å²) >= 11 is 0. The summed E-state index contributed by atoms with van der Waals surface area (Å²) in [6.45, 7) is 5.80. The van der Waals surface area contributed by atoms with E-state index in [1.165, 1.54) is 6.92 Å². The zero-order valence-electron chi connectivity index (χ0n) is 15.8. The van der Waals surface area contributed by atoms with Crippen molar-refractivity contribution in [1.29, 1.82) is 0 Å². The van der Waals surface area contributed by atoms with Crippen molar-refractivity contribution in [2.45, 2.75) is 27.2 Å². The van der Waals surface area contributed by atoms with E-state index in [4.69, 9.17) is 0 Å². The first-order chi connectivity index (χ1) is 13.0. The number of hydrogen-bond donors (Lipinski definition) is 1. The highest BCUT2D eigenvalue weighted by atomic mass is 16.2. The van der Waals surface area contributed by atoms with Crippen LogP contribution in [0.5, 0.6) is 0 Å². The van der Waals surface area contributed by atoms with E-state index in [2.05, 4.69) is 10.3 Å². The summed E-state index contributed by atoms with van der Waals surface area (Å²) in [4.78, 5) is 30.7. The van der Waals surface area contributed by atoms with E-state index in [0.29, 0.717) is 12.2 Å². The molecule has 0 saturated heterocycles. The predicted octanol–water partition coefficient (Wildman–Crippen LogP) is 4.23. The Bertz CT molecular complexity index is 972. The van der Waals surface area contributed by atoms with Gasteiger partial charge in [-0.2, -0.15) is 0 Å². The fourth-order valence-electron chi connectivity index (χ4n) is 3.29. The van der Waals surface area contributed by atoms with Crippen LogP contribution in [0.4, 0.5) is 11.4 Å². The Morgan fingerprint density at radius 1 is 1.00 bits per heavy atom. The van der Waals surface area contributed by atoms with E-state index in [1.807, 2.05) is 62.4 Å². The molecule has 1 aromatic heterocycles. The number of pyridine rings is 1. The topological polar surface area (TPSA) is 62.3 Å². The Morgan fingerprint density at radius 3 is 2.37 bits per heavy atom. The van der Waals surface area contributed by atoms with Gasteiger partial charge in [0.25, 0.3) is 0 Å². The lowest BCUT2D eigenvalue weighted by Gasteiger charge is -2.25. The Hall–Kier alpha value is -3.21. The van der Waals surface area contributed by atoms with Gasteiger partial charge in [-0.1, -0.05) is 36.4 Å². The van der Waals surface area contributed by atoms with Crippen LogP contribution in [-0.2, 0) is 9.59 Å². The molecule has 138 valence electrons. The molecule has 0 bridgehead atoms. The molecule has 0 radical (unpaired) electrons. The van der Waals surface area contributed by atoms with Crippen LogP contribution in [0.25, 0.3) is 10.9 Å². The average molecular weight is 361 g/mol. The third-order valence-corrected chi connectivity index (χ3v) is 4.56. The van der Waals surface area contributed by atoms with Crippen LogP contribution in [0.3, 0.4) is 0 Å². The van der Waals surface area contributed by atoms with Gasteiger partial charge in [0.05, 0.1) is 11.2 Å². The first-order valence-electron chi connectivity index (χ1n) is 8.95. The lowest BCUT2D eigenvalue weighted by atomic mass is 10.1. The number of rotatable bonds is 5. The van der Waals surface area contributed by atoms with E-state index in [1.54, 1.807) is 11.1 Å². The molecule has 2 aromatic carbocycles. The summed E-state index contributed by atoms with van der Waals surface area (Å²) in [5.41, 5.74) is 4.35. The van der Waals surface area contributed by atoms with E-state index in [9.17, 15) is 9.59 Å². The smallest absolute Gasteiger partial charge is 0.226 e. The summed E-state index contributed by atoms with van der Waals surface area (Å²) in [5.74, 6) is -0.224. The van der Waals surface area contributed by atoms with Crippen LogP contribution in [0.1, 0.15) is 24.5 Å². The van der Waals surface area contributed by atoms with Crippen LogP contribution in [0, 0.1) is 13.8 Å². The zero-order valence-corrected chi connectivity index (χ0v) is 15.8. The molecule has 0 saturated carbocycles. The van der Waals surface area contributed by atoms with Crippen molar-refractivity contribution in [2.24, 2.45) is 0 Å². The second-order valence-electron chi connectivity index (χ2n) is 6.59. The van der Waals surface area contributed by atoms with Crippen LogP contribution < -0.4 is 10.2 Å². The molecular formula is C22H23N3O2. The molecule has 0 aliphatic rings. The lowest BCUT2D eigenvalue weighted by Crippen LogP contribution is -2.33. The Kier molecular flexibility index (Phi) is 5.50. The van der Waals surface area contributed by atoms with Gasteiger partial charge in [0.2, 0.25) is 11.8 Å². The molecule has 0 aliphatic carbocycles. The monoisotopic (exact) mass is 361 g/mol. The van der Waals surface area contributed by atoms with Crippen LogP contribution >= 0.6 is 0 Å². The second-order valence-corrected chi connectivity index (χ2v) is 6.59. The molecule has 1 N–H and O–H groups in total. The fourth-order valence-corrected chi connectivity index (χ4v) is 3.29. The van der Waals surface area contributed by atoms with E-state index < -0.39 is 0 Å². The highest BCUT2D eigenvalue weighted by molar-refractivity contribution is 6.01. The number of carbonyl (C=O) groups is 2. The van der Waals surface area contributed by atoms with Crippen molar-refractivity contribution in [3.05, 3.63) is 65.9 Å². The van der Waals surface area contributed by atoms with Gasteiger partial charge >= 0.3 is 0 Å². The van der Waals surface area contributed by atoms with Crippen molar-refractivity contribution in [3.8, 4) is 0 Å². The number of anilines is 2. The van der Waals surface area contributed by atoms with Crippen molar-refractivity contribution in [3.63, 3.8) is 0 Å². The van der Waals surface area contributed by atoms with E-state index in [-0.39, 0.29) is 18.2 Å². The molecular weight excluding hydrogens is 338 g/mol. The third-order valence-electron chi connectivity index (χ3n) is 4.56. The number of nitrogens with one attached hydrogen (secondary N) is 1. The molecule has 5 heteroatoms. The van der Waals surface area contributed by atoms with Gasteiger partial charge in [0.15, 0.2) is 0 Å². The molecule has 2 amide bonds. The van der Waals surface area contributed by atoms with Crippen molar-refractivity contribution in [2.75, 3.05) is 16.8 Å². The molecule has 27 heavy (non-hydrogen) atoms. The summed E-state index contributed by atoms with van der Waals surface area (Å²) in [7, 11) is 0. The summed E-state index contributed by atoms with van der Waals surface area (Å²) in [6, 6.07) is 15.4. The summed E-state index contributed by atoms with van der Waals surface area (Å²) < 4.78 is 0. The van der Waals surface area contributed by atoms with Gasteiger partial charge in [-0.3, -0.25) is 14.6 Å². The summed E-state index contributed by atoms with van der Waals surface area (Å²) in [6.07, 6.45) is 1.91. The number of carbonyl (C=O) groups excluding carboxylic acids is 2. The largest absolute Gasteiger partial charge is 0.324 e. The maximum Gasteiger partial charge on any atom is 0.226 e. The zero-order chi connectivity index (χ0) is 19.4. The van der Waals surface area contributed by atoms with Crippen LogP contribution in [0.2, 0.25) is 0 Å². The van der Waals surface area contributed by atoms with Gasteiger partial charge in [-0.05, 0) is 37.1 Å². The first-order valence-corrected chi connectivity index (χ1v) is 8.95. The van der Waals surface area contributed by atoms with Crippen molar-refractivity contribution < 1.29 is 9.59 Å².